The minimum absolute atomic E-state index is 0.0161. The number of aromatic nitrogens is 4. The van der Waals surface area contributed by atoms with E-state index in [1.165, 1.54) is 6.92 Å². The summed E-state index contributed by atoms with van der Waals surface area (Å²) in [6, 6.07) is 9.17. The summed E-state index contributed by atoms with van der Waals surface area (Å²) >= 11 is 0. The number of benzene rings is 1. The smallest absolute Gasteiger partial charge is 0.263 e. The first kappa shape index (κ1) is 37.7. The molecule has 4 aromatic rings. The Balaban J connectivity index is 0.813. The van der Waals surface area contributed by atoms with E-state index in [9.17, 15) is 19.2 Å². The van der Waals surface area contributed by atoms with Crippen LogP contribution in [-0.4, -0.2) is 87.8 Å². The number of fused-ring (bicyclic) bond motifs is 1. The third kappa shape index (κ3) is 7.75. The molecule has 8 rings (SSSR count). The highest BCUT2D eigenvalue weighted by molar-refractivity contribution is 6.01. The molecule has 4 aliphatic rings. The molecule has 1 atom stereocenters. The fraction of sp³-hybridized carbons (Fsp3) is 0.500. The zero-order valence-corrected chi connectivity index (χ0v) is 32.2. The largest absolute Gasteiger partial charge is 0.371 e. The summed E-state index contributed by atoms with van der Waals surface area (Å²) in [5.41, 5.74) is 3.39. The number of aryl methyl sites for hydroxylation is 1. The van der Waals surface area contributed by atoms with E-state index in [4.69, 9.17) is 4.98 Å². The molecule has 3 saturated heterocycles. The summed E-state index contributed by atoms with van der Waals surface area (Å²) in [5.74, 6) is -0.359. The molecule has 3 aromatic heterocycles. The van der Waals surface area contributed by atoms with Gasteiger partial charge < -0.3 is 15.1 Å². The molecule has 0 bridgehead atoms. The third-order valence-electron chi connectivity index (χ3n) is 12.4. The fourth-order valence-corrected chi connectivity index (χ4v) is 9.13. The van der Waals surface area contributed by atoms with E-state index in [1.807, 2.05) is 18.3 Å². The minimum Gasteiger partial charge on any atom is -0.371 e. The number of carbonyl (C=O) groups excluding carboxylic acids is 3. The molecule has 3 aliphatic heterocycles. The van der Waals surface area contributed by atoms with Gasteiger partial charge in [0, 0.05) is 74.6 Å². The summed E-state index contributed by atoms with van der Waals surface area (Å²) in [6.45, 7) is 9.85. The number of halogens is 1. The third-order valence-corrected chi connectivity index (χ3v) is 12.4. The van der Waals surface area contributed by atoms with Crippen LogP contribution in [0, 0.1) is 18.7 Å². The van der Waals surface area contributed by atoms with Crippen LogP contribution in [0.3, 0.4) is 0 Å². The Bertz CT molecular complexity index is 2190. The lowest BCUT2D eigenvalue weighted by Crippen LogP contribution is -2.47. The maximum atomic E-state index is 15.1. The van der Waals surface area contributed by atoms with Gasteiger partial charge in [-0.1, -0.05) is 18.9 Å². The van der Waals surface area contributed by atoms with Crippen molar-refractivity contribution >= 4 is 51.8 Å². The molecule has 1 aliphatic carbocycles. The molecule has 6 heterocycles. The second-order valence-corrected chi connectivity index (χ2v) is 15.9. The second-order valence-electron chi connectivity index (χ2n) is 15.9. The standard InChI is InChI=1S/C42H50FN9O4/c1-26-34-25-45-42(48-39(34)52(29-5-3-4-6-29)41(56)38(26)27(2)53)46-36-11-8-31(24-44-36)51-21-19-49(20-22-51)16-13-28-14-17-50(18-15-28)30-7-9-32(35(43)23-30)33-10-12-37(54)47-40(33)55/h7-9,11,23-25,28-29,33H,3-6,10,12-22H2,1-2H3,(H,47,54,55)(H,44,45,46,48). The zero-order valence-electron chi connectivity index (χ0n) is 32.2. The lowest BCUT2D eigenvalue weighted by atomic mass is 9.89. The molecule has 2 N–H and O–H groups in total. The van der Waals surface area contributed by atoms with Gasteiger partial charge in [0.05, 0.1) is 23.4 Å². The quantitative estimate of drug-likeness (QED) is 0.153. The SMILES string of the molecule is CC(=O)c1c(C)c2cnc(Nc3ccc(N4CCN(CCC5CCN(c6ccc(C7CCC(=O)NC7=O)c(F)c6)CC5)CC4)cn3)nc2n(C2CCCC2)c1=O. The van der Waals surface area contributed by atoms with E-state index in [0.717, 1.165) is 102 Å². The summed E-state index contributed by atoms with van der Waals surface area (Å²) < 4.78 is 16.8. The number of anilines is 4. The first-order valence-corrected chi connectivity index (χ1v) is 20.1. The van der Waals surface area contributed by atoms with Crippen molar-refractivity contribution in [2.24, 2.45) is 5.92 Å². The molecule has 1 unspecified atom stereocenters. The number of piperidine rings is 2. The molecule has 0 radical (unpaired) electrons. The monoisotopic (exact) mass is 763 g/mol. The van der Waals surface area contributed by atoms with Gasteiger partial charge in [0.2, 0.25) is 17.8 Å². The molecule has 4 fully saturated rings. The summed E-state index contributed by atoms with van der Waals surface area (Å²) in [4.78, 5) is 70.9. The Kier molecular flexibility index (Phi) is 10.8. The molecule has 1 aromatic carbocycles. The van der Waals surface area contributed by atoms with E-state index < -0.39 is 11.8 Å². The van der Waals surface area contributed by atoms with Crippen molar-refractivity contribution in [3.63, 3.8) is 0 Å². The Morgan fingerprint density at radius 1 is 0.893 bits per heavy atom. The number of piperazine rings is 1. The van der Waals surface area contributed by atoms with Crippen molar-refractivity contribution in [3.8, 4) is 0 Å². The molecule has 2 amide bonds. The van der Waals surface area contributed by atoms with Crippen LogP contribution in [0.1, 0.15) is 98.2 Å². The topological polar surface area (TPSA) is 146 Å². The van der Waals surface area contributed by atoms with Gasteiger partial charge in [0.15, 0.2) is 5.78 Å². The van der Waals surface area contributed by atoms with E-state index in [2.05, 4.69) is 41.4 Å². The number of nitrogens with zero attached hydrogens (tertiary/aromatic N) is 7. The minimum atomic E-state index is -0.618. The number of nitrogens with one attached hydrogen (secondary N) is 2. The lowest BCUT2D eigenvalue weighted by Gasteiger charge is -2.38. The number of Topliss-reactive ketones (excluding diaryl/α,β-unsaturated/α-hetero) is 1. The van der Waals surface area contributed by atoms with Gasteiger partial charge >= 0.3 is 0 Å². The molecule has 13 nitrogen and oxygen atoms in total. The highest BCUT2D eigenvalue weighted by Crippen LogP contribution is 2.34. The van der Waals surface area contributed by atoms with E-state index >= 15 is 4.39 Å². The van der Waals surface area contributed by atoms with Crippen molar-refractivity contribution in [1.82, 2.24) is 29.7 Å². The second kappa shape index (κ2) is 16.1. The normalized spacial score (nSPS) is 20.2. The Labute approximate surface area is 325 Å². The number of hydrogen-bond donors (Lipinski definition) is 2. The van der Waals surface area contributed by atoms with Crippen LogP contribution in [0.4, 0.5) is 27.5 Å². The number of hydrogen-bond acceptors (Lipinski definition) is 11. The number of amides is 2. The summed E-state index contributed by atoms with van der Waals surface area (Å²) in [5, 5.41) is 6.26. The number of imide groups is 1. The van der Waals surface area contributed by atoms with Gasteiger partial charge in [-0.2, -0.15) is 4.98 Å². The van der Waals surface area contributed by atoms with Gasteiger partial charge in [0.1, 0.15) is 17.3 Å². The highest BCUT2D eigenvalue weighted by atomic mass is 19.1. The number of rotatable bonds is 10. The predicted octanol–water partition coefficient (Wildman–Crippen LogP) is 5.64. The predicted molar refractivity (Wildman–Crippen MR) is 213 cm³/mol. The van der Waals surface area contributed by atoms with Crippen LogP contribution in [0.2, 0.25) is 0 Å². The first-order chi connectivity index (χ1) is 27.1. The molecular weight excluding hydrogens is 714 g/mol. The Hall–Kier alpha value is -5.24. The van der Waals surface area contributed by atoms with Crippen molar-refractivity contribution in [2.75, 3.05) is 60.9 Å². The van der Waals surface area contributed by atoms with Crippen LogP contribution in [0.5, 0.6) is 0 Å². The average Bonchev–Trinajstić information content (AvgIpc) is 3.73. The summed E-state index contributed by atoms with van der Waals surface area (Å²) in [6.07, 6.45) is 11.3. The molecule has 14 heteroatoms. The van der Waals surface area contributed by atoms with E-state index in [0.29, 0.717) is 46.3 Å². The lowest BCUT2D eigenvalue weighted by molar-refractivity contribution is -0.134. The van der Waals surface area contributed by atoms with Crippen molar-refractivity contribution in [1.29, 1.82) is 0 Å². The molecule has 56 heavy (non-hydrogen) atoms. The maximum Gasteiger partial charge on any atom is 0.263 e. The Morgan fingerprint density at radius 2 is 1.62 bits per heavy atom. The first-order valence-electron chi connectivity index (χ1n) is 20.1. The van der Waals surface area contributed by atoms with Crippen LogP contribution in [-0.2, 0) is 9.59 Å². The van der Waals surface area contributed by atoms with Gasteiger partial charge in [-0.25, -0.2) is 14.4 Å². The van der Waals surface area contributed by atoms with Gasteiger partial charge in [-0.15, -0.1) is 0 Å². The average molecular weight is 764 g/mol. The highest BCUT2D eigenvalue weighted by Gasteiger charge is 2.31. The van der Waals surface area contributed by atoms with E-state index in [-0.39, 0.29) is 41.1 Å². The van der Waals surface area contributed by atoms with E-state index in [1.54, 1.807) is 29.8 Å². The van der Waals surface area contributed by atoms with Crippen LogP contribution < -0.4 is 26.0 Å². The number of pyridine rings is 2. The van der Waals surface area contributed by atoms with Crippen LogP contribution in [0.25, 0.3) is 11.0 Å². The number of ketones is 1. The molecule has 1 saturated carbocycles. The molecule has 0 spiro atoms. The van der Waals surface area contributed by atoms with Crippen molar-refractivity contribution < 1.29 is 18.8 Å². The van der Waals surface area contributed by atoms with Crippen LogP contribution in [0.15, 0.2) is 47.5 Å². The Morgan fingerprint density at radius 3 is 2.30 bits per heavy atom. The zero-order chi connectivity index (χ0) is 38.9. The molecule has 294 valence electrons. The van der Waals surface area contributed by atoms with Crippen molar-refractivity contribution in [3.05, 3.63) is 75.6 Å². The van der Waals surface area contributed by atoms with Crippen molar-refractivity contribution in [2.45, 2.75) is 83.6 Å². The number of carbonyl (C=O) groups is 3. The maximum absolute atomic E-state index is 15.1. The van der Waals surface area contributed by atoms with Gasteiger partial charge in [0.25, 0.3) is 5.56 Å². The fourth-order valence-electron chi connectivity index (χ4n) is 9.13. The molecular formula is C42H50FN9O4. The van der Waals surface area contributed by atoms with Crippen LogP contribution >= 0.6 is 0 Å². The van der Waals surface area contributed by atoms with Gasteiger partial charge in [-0.05, 0) is 94.7 Å². The van der Waals surface area contributed by atoms with Gasteiger partial charge in [-0.3, -0.25) is 34.0 Å². The summed E-state index contributed by atoms with van der Waals surface area (Å²) in [7, 11) is 0.